The van der Waals surface area contributed by atoms with Crippen LogP contribution in [-0.2, 0) is 5.11 Å². The molecule has 0 atom stereocenters. The van der Waals surface area contributed by atoms with E-state index < -0.39 is 0 Å². The Hall–Kier alpha value is -0.600. The molecule has 0 saturated heterocycles. The predicted molar refractivity (Wildman–Crippen MR) is 51.6 cm³/mol. The maximum atomic E-state index is 10.2. The van der Waals surface area contributed by atoms with Crippen molar-refractivity contribution in [2.45, 2.75) is 12.8 Å². The lowest BCUT2D eigenvalue weighted by atomic mass is 10.3. The minimum Gasteiger partial charge on any atom is -0.296 e. The third kappa shape index (κ3) is 6.13. The van der Waals surface area contributed by atoms with E-state index in [1.807, 2.05) is 12.2 Å². The fourth-order valence-corrected chi connectivity index (χ4v) is 1.06. The Morgan fingerprint density at radius 2 is 1.67 bits per heavy atom. The molecule has 0 aromatic carbocycles. The number of hydrogen-bond acceptors (Lipinski definition) is 1. The van der Waals surface area contributed by atoms with Gasteiger partial charge in [-0.05, 0) is 19.4 Å². The molecule has 0 rings (SSSR count). The topological polar surface area (TPSA) is 23.1 Å². The number of unbranched alkanes of at least 4 members (excludes halogenated alkanes) is 1. The predicted octanol–water partition coefficient (Wildman–Crippen LogP) is 1.87. The number of hydrogen-bond donors (Lipinski definition) is 0. The maximum Gasteiger partial charge on any atom is 0.0822 e. The summed E-state index contributed by atoms with van der Waals surface area (Å²) in [5.74, 6) is 0. The Morgan fingerprint density at radius 3 is 2.08 bits per heavy atom. The van der Waals surface area contributed by atoms with Gasteiger partial charge in [0.1, 0.15) is 0 Å². The van der Waals surface area contributed by atoms with E-state index in [1.165, 1.54) is 0 Å². The van der Waals surface area contributed by atoms with Gasteiger partial charge in [0, 0.05) is 13.1 Å². The van der Waals surface area contributed by atoms with Gasteiger partial charge in [-0.15, -0.1) is 13.2 Å². The van der Waals surface area contributed by atoms with Crippen LogP contribution in [0.15, 0.2) is 25.3 Å². The summed E-state index contributed by atoms with van der Waals surface area (Å²) in [6.07, 6.45) is 5.50. The van der Waals surface area contributed by atoms with E-state index in [9.17, 15) is 5.11 Å². The first-order valence-electron chi connectivity index (χ1n) is 4.37. The molecule has 69 valence electrons. The summed E-state index contributed by atoms with van der Waals surface area (Å²) in [6, 6.07) is 0. The van der Waals surface area contributed by atoms with E-state index in [0.29, 0.717) is 0 Å². The van der Waals surface area contributed by atoms with Gasteiger partial charge in [-0.3, -0.25) is 4.90 Å². The summed E-state index contributed by atoms with van der Waals surface area (Å²) in [4.78, 5) is 2.22. The first kappa shape index (κ1) is 11.4. The van der Waals surface area contributed by atoms with Crippen LogP contribution in [-0.4, -0.2) is 31.1 Å². The lowest BCUT2D eigenvalue weighted by molar-refractivity contribution is 0.181. The Morgan fingerprint density at radius 1 is 1.08 bits per heavy atom. The van der Waals surface area contributed by atoms with Crippen LogP contribution >= 0.6 is 0 Å². The van der Waals surface area contributed by atoms with Crippen molar-refractivity contribution in [3.05, 3.63) is 25.3 Å². The lowest BCUT2D eigenvalue weighted by Gasteiger charge is -2.17. The van der Waals surface area contributed by atoms with Gasteiger partial charge in [0.05, 0.1) is 6.61 Å². The van der Waals surface area contributed by atoms with Crippen LogP contribution in [0.5, 0.6) is 0 Å². The summed E-state index contributed by atoms with van der Waals surface area (Å²) < 4.78 is 0. The van der Waals surface area contributed by atoms with Gasteiger partial charge in [0.2, 0.25) is 0 Å². The van der Waals surface area contributed by atoms with Gasteiger partial charge in [-0.2, -0.15) is 0 Å². The molecule has 1 radical (unpaired) electrons. The molecule has 0 aliphatic heterocycles. The number of nitrogens with zero attached hydrogens (tertiary/aromatic N) is 1. The molecular formula is C10H18NO. The smallest absolute Gasteiger partial charge is 0.0822 e. The van der Waals surface area contributed by atoms with Gasteiger partial charge in [-0.1, -0.05) is 12.2 Å². The van der Waals surface area contributed by atoms with Crippen molar-refractivity contribution in [3.63, 3.8) is 0 Å². The van der Waals surface area contributed by atoms with Gasteiger partial charge in [0.15, 0.2) is 0 Å². The SMILES string of the molecule is C=CCN(CC=C)CCCC[O]. The molecule has 0 saturated carbocycles. The van der Waals surface area contributed by atoms with E-state index in [4.69, 9.17) is 0 Å². The first-order chi connectivity index (χ1) is 5.85. The first-order valence-corrected chi connectivity index (χ1v) is 4.37. The summed E-state index contributed by atoms with van der Waals surface area (Å²) >= 11 is 0. The fraction of sp³-hybridized carbons (Fsp3) is 0.600. The third-order valence-corrected chi connectivity index (χ3v) is 1.64. The Labute approximate surface area is 75.2 Å². The molecule has 0 unspecified atom stereocenters. The van der Waals surface area contributed by atoms with Gasteiger partial charge < -0.3 is 0 Å². The highest BCUT2D eigenvalue weighted by molar-refractivity contribution is 4.79. The van der Waals surface area contributed by atoms with Crippen molar-refractivity contribution >= 4 is 0 Å². The molecule has 0 N–H and O–H groups in total. The van der Waals surface area contributed by atoms with Crippen LogP contribution in [0.4, 0.5) is 0 Å². The Kier molecular flexibility index (Phi) is 8.07. The molecule has 2 nitrogen and oxygen atoms in total. The largest absolute Gasteiger partial charge is 0.296 e. The number of rotatable bonds is 8. The van der Waals surface area contributed by atoms with Crippen LogP contribution < -0.4 is 0 Å². The second kappa shape index (κ2) is 8.50. The van der Waals surface area contributed by atoms with Crippen molar-refractivity contribution in [1.29, 1.82) is 0 Å². The van der Waals surface area contributed by atoms with E-state index in [1.54, 1.807) is 0 Å². The third-order valence-electron chi connectivity index (χ3n) is 1.64. The molecule has 0 heterocycles. The van der Waals surface area contributed by atoms with Crippen LogP contribution in [0.1, 0.15) is 12.8 Å². The van der Waals surface area contributed by atoms with E-state index in [2.05, 4.69) is 18.1 Å². The second-order valence-corrected chi connectivity index (χ2v) is 2.75. The normalized spacial score (nSPS) is 10.2. The molecule has 0 aromatic rings. The fourth-order valence-electron chi connectivity index (χ4n) is 1.06. The summed E-state index contributed by atoms with van der Waals surface area (Å²) in [5.41, 5.74) is 0. The molecule has 0 aliphatic carbocycles. The monoisotopic (exact) mass is 168 g/mol. The van der Waals surface area contributed by atoms with E-state index in [-0.39, 0.29) is 6.61 Å². The maximum absolute atomic E-state index is 10.2. The van der Waals surface area contributed by atoms with Gasteiger partial charge in [0.25, 0.3) is 0 Å². The summed E-state index contributed by atoms with van der Waals surface area (Å²) in [7, 11) is 0. The molecule has 0 fully saturated rings. The van der Waals surface area contributed by atoms with Crippen LogP contribution in [0, 0.1) is 0 Å². The molecule has 0 aliphatic rings. The minimum absolute atomic E-state index is 0.0377. The summed E-state index contributed by atoms with van der Waals surface area (Å²) in [6.45, 7) is 10.1. The van der Waals surface area contributed by atoms with Crippen molar-refractivity contribution in [3.8, 4) is 0 Å². The van der Waals surface area contributed by atoms with Crippen molar-refractivity contribution < 1.29 is 5.11 Å². The van der Waals surface area contributed by atoms with Gasteiger partial charge >= 0.3 is 0 Å². The Bertz CT molecular complexity index is 113. The quantitative estimate of drug-likeness (QED) is 0.401. The molecule has 0 bridgehead atoms. The van der Waals surface area contributed by atoms with Crippen LogP contribution in [0.2, 0.25) is 0 Å². The highest BCUT2D eigenvalue weighted by Crippen LogP contribution is 1.95. The van der Waals surface area contributed by atoms with Crippen LogP contribution in [0.3, 0.4) is 0 Å². The Balaban J connectivity index is 3.47. The molecule has 0 spiro atoms. The highest BCUT2D eigenvalue weighted by atomic mass is 16.2. The molecule has 12 heavy (non-hydrogen) atoms. The molecule has 0 aromatic heterocycles. The van der Waals surface area contributed by atoms with Crippen molar-refractivity contribution in [2.75, 3.05) is 26.2 Å². The average molecular weight is 168 g/mol. The molecule has 2 heteroatoms. The van der Waals surface area contributed by atoms with Crippen molar-refractivity contribution in [1.82, 2.24) is 4.90 Å². The van der Waals surface area contributed by atoms with Crippen LogP contribution in [0.25, 0.3) is 0 Å². The lowest BCUT2D eigenvalue weighted by Crippen LogP contribution is -2.25. The van der Waals surface area contributed by atoms with Crippen molar-refractivity contribution in [2.24, 2.45) is 0 Å². The molecular weight excluding hydrogens is 150 g/mol. The average Bonchev–Trinajstić information content (AvgIpc) is 2.06. The highest BCUT2D eigenvalue weighted by Gasteiger charge is 1.98. The standard InChI is InChI=1S/C10H18NO/c1-3-7-11(8-4-2)9-5-6-10-12/h3-4H,1-2,5-10H2. The molecule has 0 amide bonds. The zero-order chi connectivity index (χ0) is 9.23. The zero-order valence-electron chi connectivity index (χ0n) is 7.67. The zero-order valence-corrected chi connectivity index (χ0v) is 7.67. The summed E-state index contributed by atoms with van der Waals surface area (Å²) in [5, 5.41) is 10.2. The van der Waals surface area contributed by atoms with E-state index in [0.717, 1.165) is 32.5 Å². The second-order valence-electron chi connectivity index (χ2n) is 2.75. The van der Waals surface area contributed by atoms with Gasteiger partial charge in [-0.25, -0.2) is 5.11 Å². The van der Waals surface area contributed by atoms with E-state index >= 15 is 0 Å². The minimum atomic E-state index is 0.0377.